The summed E-state index contributed by atoms with van der Waals surface area (Å²) in [6.07, 6.45) is 2.45. The van der Waals surface area contributed by atoms with Gasteiger partial charge >= 0.3 is 0 Å². The fourth-order valence-corrected chi connectivity index (χ4v) is 3.04. The molecule has 0 saturated heterocycles. The number of fused-ring (bicyclic) bond motifs is 1. The number of benzene rings is 1. The minimum Gasteiger partial charge on any atom is -0.490 e. The molecule has 0 aliphatic heterocycles. The smallest absolute Gasteiger partial charge is 0.137 e. The quantitative estimate of drug-likeness (QED) is 0.862. The summed E-state index contributed by atoms with van der Waals surface area (Å²) < 4.78 is 12.1. The number of nitrogens with one attached hydrogen (secondary N) is 1. The summed E-state index contributed by atoms with van der Waals surface area (Å²) in [4.78, 5) is 0. The second kappa shape index (κ2) is 5.55. The molecule has 0 atom stereocenters. The summed E-state index contributed by atoms with van der Waals surface area (Å²) in [5.74, 6) is 1.93. The topological polar surface area (TPSA) is 34.4 Å². The van der Waals surface area contributed by atoms with Gasteiger partial charge in [0.1, 0.15) is 23.2 Å². The van der Waals surface area contributed by atoms with Crippen LogP contribution in [0.15, 0.2) is 28.7 Å². The van der Waals surface area contributed by atoms with E-state index in [9.17, 15) is 0 Å². The van der Waals surface area contributed by atoms with Crippen LogP contribution in [0.25, 0.3) is 11.0 Å². The lowest BCUT2D eigenvalue weighted by atomic mass is 9.87. The van der Waals surface area contributed by atoms with Crippen LogP contribution in [-0.4, -0.2) is 17.7 Å². The monoisotopic (exact) mass is 315 g/mol. The van der Waals surface area contributed by atoms with E-state index in [1.807, 2.05) is 6.07 Å². The van der Waals surface area contributed by atoms with Crippen molar-refractivity contribution in [2.75, 3.05) is 0 Å². The lowest BCUT2D eigenvalue weighted by Gasteiger charge is -2.40. The summed E-state index contributed by atoms with van der Waals surface area (Å²) in [5, 5.41) is 4.76. The van der Waals surface area contributed by atoms with Crippen LogP contribution < -0.4 is 10.1 Å². The Kier molecular flexibility index (Phi) is 3.96. The van der Waals surface area contributed by atoms with Crippen molar-refractivity contribution in [2.45, 2.75) is 77.5 Å². The SMILES string of the molecule is CC(C)(C)NC1CC(Oc2ccc3cc(C(C)(C)C)oc3c2)C1. The van der Waals surface area contributed by atoms with Crippen molar-refractivity contribution in [2.24, 2.45) is 0 Å². The zero-order valence-electron chi connectivity index (χ0n) is 15.2. The molecule has 0 bridgehead atoms. The first-order chi connectivity index (χ1) is 10.6. The van der Waals surface area contributed by atoms with Crippen molar-refractivity contribution in [3.63, 3.8) is 0 Å². The summed E-state index contributed by atoms with van der Waals surface area (Å²) in [6.45, 7) is 13.1. The molecule has 1 N–H and O–H groups in total. The molecule has 0 radical (unpaired) electrons. The van der Waals surface area contributed by atoms with Crippen LogP contribution in [0.2, 0.25) is 0 Å². The minimum atomic E-state index is 0.0276. The molecule has 1 heterocycles. The van der Waals surface area contributed by atoms with Crippen molar-refractivity contribution in [3.8, 4) is 5.75 Å². The highest BCUT2D eigenvalue weighted by Crippen LogP contribution is 2.33. The Bertz CT molecular complexity index is 682. The first kappa shape index (κ1) is 16.4. The minimum absolute atomic E-state index is 0.0276. The third kappa shape index (κ3) is 3.89. The van der Waals surface area contributed by atoms with Gasteiger partial charge in [-0.05, 0) is 51.8 Å². The van der Waals surface area contributed by atoms with Gasteiger partial charge in [-0.3, -0.25) is 0 Å². The van der Waals surface area contributed by atoms with Crippen molar-refractivity contribution in [3.05, 3.63) is 30.0 Å². The number of hydrogen-bond acceptors (Lipinski definition) is 3. The fraction of sp³-hybridized carbons (Fsp3) is 0.600. The molecule has 1 fully saturated rings. The molecule has 1 aliphatic rings. The molecule has 1 saturated carbocycles. The molecule has 1 aromatic heterocycles. The van der Waals surface area contributed by atoms with Crippen molar-refractivity contribution < 1.29 is 9.15 Å². The van der Waals surface area contributed by atoms with Crippen molar-refractivity contribution in [1.29, 1.82) is 0 Å². The summed E-state index contributed by atoms with van der Waals surface area (Å²) in [5.41, 5.74) is 1.11. The lowest BCUT2D eigenvalue weighted by Crippen LogP contribution is -2.53. The molecule has 0 amide bonds. The Morgan fingerprint density at radius 2 is 1.74 bits per heavy atom. The van der Waals surface area contributed by atoms with Gasteiger partial charge < -0.3 is 14.5 Å². The van der Waals surface area contributed by atoms with E-state index in [2.05, 4.69) is 65.1 Å². The summed E-state index contributed by atoms with van der Waals surface area (Å²) >= 11 is 0. The maximum Gasteiger partial charge on any atom is 0.137 e. The average Bonchev–Trinajstić information content (AvgIpc) is 2.77. The summed E-state index contributed by atoms with van der Waals surface area (Å²) in [7, 11) is 0. The lowest BCUT2D eigenvalue weighted by molar-refractivity contribution is 0.0735. The highest BCUT2D eigenvalue weighted by atomic mass is 16.5. The van der Waals surface area contributed by atoms with E-state index in [0.29, 0.717) is 12.1 Å². The predicted octanol–water partition coefficient (Wildman–Crippen LogP) is 5.03. The molecule has 126 valence electrons. The highest BCUT2D eigenvalue weighted by Gasteiger charge is 2.33. The van der Waals surface area contributed by atoms with Crippen LogP contribution in [-0.2, 0) is 5.41 Å². The Morgan fingerprint density at radius 3 is 2.35 bits per heavy atom. The molecule has 3 heteroatoms. The third-order valence-electron chi connectivity index (χ3n) is 4.27. The zero-order chi connectivity index (χ0) is 16.8. The van der Waals surface area contributed by atoms with Gasteiger partial charge in [-0.2, -0.15) is 0 Å². The number of ether oxygens (including phenoxy) is 1. The van der Waals surface area contributed by atoms with Crippen LogP contribution in [0.1, 0.15) is 60.1 Å². The largest absolute Gasteiger partial charge is 0.490 e. The Hall–Kier alpha value is -1.48. The van der Waals surface area contributed by atoms with Crippen LogP contribution in [0.4, 0.5) is 0 Å². The van der Waals surface area contributed by atoms with Gasteiger partial charge in [0.25, 0.3) is 0 Å². The molecule has 0 spiro atoms. The third-order valence-corrected chi connectivity index (χ3v) is 4.27. The van der Waals surface area contributed by atoms with Crippen LogP contribution in [0.3, 0.4) is 0 Å². The maximum atomic E-state index is 6.10. The van der Waals surface area contributed by atoms with E-state index in [4.69, 9.17) is 9.15 Å². The van der Waals surface area contributed by atoms with Gasteiger partial charge in [0, 0.05) is 28.4 Å². The van der Waals surface area contributed by atoms with E-state index in [0.717, 1.165) is 35.3 Å². The van der Waals surface area contributed by atoms with E-state index in [-0.39, 0.29) is 11.0 Å². The first-order valence-electron chi connectivity index (χ1n) is 8.59. The Morgan fingerprint density at radius 1 is 1.04 bits per heavy atom. The standard InChI is InChI=1S/C20H29NO2/c1-19(2,3)18-9-13-7-8-15(12-17(13)23-18)22-16-10-14(11-16)21-20(4,5)6/h7-9,12,14,16,21H,10-11H2,1-6H3. The summed E-state index contributed by atoms with van der Waals surface area (Å²) in [6, 6.07) is 8.86. The Labute approximate surface area is 139 Å². The molecular weight excluding hydrogens is 286 g/mol. The molecule has 3 rings (SSSR count). The van der Waals surface area contributed by atoms with Crippen LogP contribution >= 0.6 is 0 Å². The van der Waals surface area contributed by atoms with E-state index < -0.39 is 0 Å². The van der Waals surface area contributed by atoms with Crippen molar-refractivity contribution >= 4 is 11.0 Å². The molecule has 1 aromatic carbocycles. The van der Waals surface area contributed by atoms with E-state index in [1.54, 1.807) is 0 Å². The number of furan rings is 1. The van der Waals surface area contributed by atoms with Crippen molar-refractivity contribution in [1.82, 2.24) is 5.32 Å². The Balaban J connectivity index is 1.64. The van der Waals surface area contributed by atoms with Gasteiger partial charge in [-0.1, -0.05) is 20.8 Å². The highest BCUT2D eigenvalue weighted by molar-refractivity contribution is 5.79. The van der Waals surface area contributed by atoms with Crippen LogP contribution in [0.5, 0.6) is 5.75 Å². The van der Waals surface area contributed by atoms with Gasteiger partial charge in [-0.25, -0.2) is 0 Å². The van der Waals surface area contributed by atoms with E-state index in [1.165, 1.54) is 0 Å². The molecule has 0 unspecified atom stereocenters. The van der Waals surface area contributed by atoms with Gasteiger partial charge in [0.05, 0.1) is 0 Å². The van der Waals surface area contributed by atoms with Gasteiger partial charge in [0.15, 0.2) is 0 Å². The van der Waals surface area contributed by atoms with Gasteiger partial charge in [0.2, 0.25) is 0 Å². The molecule has 3 nitrogen and oxygen atoms in total. The average molecular weight is 315 g/mol. The second-order valence-electron chi connectivity index (χ2n) is 8.86. The van der Waals surface area contributed by atoms with Crippen LogP contribution in [0, 0.1) is 0 Å². The maximum absolute atomic E-state index is 6.10. The van der Waals surface area contributed by atoms with Gasteiger partial charge in [-0.15, -0.1) is 0 Å². The molecule has 23 heavy (non-hydrogen) atoms. The number of rotatable bonds is 3. The predicted molar refractivity (Wildman–Crippen MR) is 95.2 cm³/mol. The molecule has 1 aliphatic carbocycles. The molecule has 2 aromatic rings. The number of hydrogen-bond donors (Lipinski definition) is 1. The zero-order valence-corrected chi connectivity index (χ0v) is 15.2. The van der Waals surface area contributed by atoms with E-state index >= 15 is 0 Å². The normalized spacial score (nSPS) is 22.2. The molecular formula is C20H29NO2. The fourth-order valence-electron chi connectivity index (χ4n) is 3.04. The first-order valence-corrected chi connectivity index (χ1v) is 8.59. The second-order valence-corrected chi connectivity index (χ2v) is 8.86.